The Bertz CT molecular complexity index is 901. The van der Waals surface area contributed by atoms with Crippen molar-refractivity contribution >= 4 is 17.8 Å². The Labute approximate surface area is 182 Å². The molecule has 2 unspecified atom stereocenters. The molecule has 3 heterocycles. The summed E-state index contributed by atoms with van der Waals surface area (Å²) in [6.07, 6.45) is 5.34. The van der Waals surface area contributed by atoms with Gasteiger partial charge in [0.05, 0.1) is 12.8 Å². The average Bonchev–Trinajstić information content (AvgIpc) is 3.18. The molecule has 0 spiro atoms. The normalized spacial score (nSPS) is 19.3. The molecule has 30 heavy (non-hydrogen) atoms. The number of thioether (sulfide) groups is 1. The van der Waals surface area contributed by atoms with Gasteiger partial charge in [0.2, 0.25) is 0 Å². The van der Waals surface area contributed by atoms with Crippen LogP contribution < -0.4 is 9.64 Å². The van der Waals surface area contributed by atoms with E-state index in [1.807, 2.05) is 42.8 Å². The predicted octanol–water partition coefficient (Wildman–Crippen LogP) is 5.13. The van der Waals surface area contributed by atoms with Crippen LogP contribution in [0.2, 0.25) is 0 Å². The van der Waals surface area contributed by atoms with Crippen LogP contribution in [0.25, 0.3) is 11.3 Å². The van der Waals surface area contributed by atoms with Gasteiger partial charge in [-0.1, -0.05) is 19.0 Å². The largest absolute Gasteiger partial charge is 0.497 e. The molecule has 1 aliphatic heterocycles. The Morgan fingerprint density at radius 1 is 1.10 bits per heavy atom. The summed E-state index contributed by atoms with van der Waals surface area (Å²) in [4.78, 5) is 12.2. The SMILES string of the molecule is CC(C)c1noc(N2CC3CC3C2)n1.COc1ccc(-c2ccc(SC)cn2)cc1. The van der Waals surface area contributed by atoms with E-state index in [4.69, 9.17) is 9.26 Å². The molecule has 0 bridgehead atoms. The van der Waals surface area contributed by atoms with Crippen LogP contribution in [0.4, 0.5) is 6.01 Å². The fraction of sp³-hybridized carbons (Fsp3) is 0.435. The van der Waals surface area contributed by atoms with Gasteiger partial charge in [-0.05, 0) is 60.9 Å². The van der Waals surface area contributed by atoms with Crippen molar-refractivity contribution in [2.45, 2.75) is 31.1 Å². The predicted molar refractivity (Wildman–Crippen MR) is 120 cm³/mol. The number of nitrogens with zero attached hydrogens (tertiary/aromatic N) is 4. The van der Waals surface area contributed by atoms with Crippen LogP contribution in [0, 0.1) is 11.8 Å². The number of methoxy groups -OCH3 is 1. The van der Waals surface area contributed by atoms with Gasteiger partial charge in [0.1, 0.15) is 5.75 Å². The zero-order valence-corrected chi connectivity index (χ0v) is 18.7. The highest BCUT2D eigenvalue weighted by Crippen LogP contribution is 2.45. The van der Waals surface area contributed by atoms with Crippen LogP contribution in [0.5, 0.6) is 5.75 Å². The smallest absolute Gasteiger partial charge is 0.324 e. The van der Waals surface area contributed by atoms with Gasteiger partial charge in [-0.3, -0.25) is 4.98 Å². The first kappa shape index (κ1) is 20.7. The van der Waals surface area contributed by atoms with E-state index in [0.717, 1.165) is 53.8 Å². The number of anilines is 1. The number of piperidine rings is 1. The third-order valence-corrected chi connectivity index (χ3v) is 6.27. The van der Waals surface area contributed by atoms with Gasteiger partial charge >= 0.3 is 6.01 Å². The van der Waals surface area contributed by atoms with Crippen LogP contribution in [-0.4, -0.2) is 41.6 Å². The summed E-state index contributed by atoms with van der Waals surface area (Å²) in [7, 11) is 1.67. The lowest BCUT2D eigenvalue weighted by atomic mass is 10.1. The molecule has 5 rings (SSSR count). The molecule has 1 aliphatic carbocycles. The minimum atomic E-state index is 0.352. The number of rotatable bonds is 5. The number of hydrogen-bond acceptors (Lipinski definition) is 7. The Morgan fingerprint density at radius 3 is 2.37 bits per heavy atom. The molecule has 7 heteroatoms. The van der Waals surface area contributed by atoms with E-state index in [0.29, 0.717) is 5.92 Å². The minimum absolute atomic E-state index is 0.352. The van der Waals surface area contributed by atoms with Gasteiger partial charge < -0.3 is 14.2 Å². The van der Waals surface area contributed by atoms with Crippen molar-refractivity contribution < 1.29 is 9.26 Å². The molecule has 1 saturated heterocycles. The molecule has 2 fully saturated rings. The Hall–Kier alpha value is -2.54. The number of benzene rings is 1. The number of ether oxygens (including phenoxy) is 1. The van der Waals surface area contributed by atoms with E-state index in [2.05, 4.69) is 39.9 Å². The van der Waals surface area contributed by atoms with Gasteiger partial charge in [-0.2, -0.15) is 4.98 Å². The zero-order valence-electron chi connectivity index (χ0n) is 17.9. The molecule has 3 aromatic rings. The molecule has 0 N–H and O–H groups in total. The second kappa shape index (κ2) is 9.08. The van der Waals surface area contributed by atoms with Crippen LogP contribution in [-0.2, 0) is 0 Å². The first-order valence-corrected chi connectivity index (χ1v) is 11.5. The quantitative estimate of drug-likeness (QED) is 0.526. The topological polar surface area (TPSA) is 64.3 Å². The second-order valence-corrected chi connectivity index (χ2v) is 8.94. The minimum Gasteiger partial charge on any atom is -0.497 e. The fourth-order valence-corrected chi connectivity index (χ4v) is 3.94. The van der Waals surface area contributed by atoms with Crippen molar-refractivity contribution in [2.24, 2.45) is 11.8 Å². The molecule has 1 saturated carbocycles. The summed E-state index contributed by atoms with van der Waals surface area (Å²) in [5.74, 6) is 3.85. The highest BCUT2D eigenvalue weighted by atomic mass is 32.2. The fourth-order valence-electron chi connectivity index (χ4n) is 3.58. The van der Waals surface area contributed by atoms with Crippen molar-refractivity contribution in [3.05, 3.63) is 48.4 Å². The molecule has 2 aliphatic rings. The van der Waals surface area contributed by atoms with Gasteiger partial charge in [0.15, 0.2) is 5.82 Å². The molecule has 2 atom stereocenters. The maximum Gasteiger partial charge on any atom is 0.324 e. The van der Waals surface area contributed by atoms with Gasteiger partial charge in [-0.25, -0.2) is 0 Å². The molecular formula is C23H28N4O2S. The Kier molecular flexibility index (Phi) is 6.27. The monoisotopic (exact) mass is 424 g/mol. The van der Waals surface area contributed by atoms with Gasteiger partial charge in [0, 0.05) is 35.7 Å². The number of hydrogen-bond donors (Lipinski definition) is 0. The number of pyridine rings is 1. The molecule has 2 aromatic heterocycles. The molecular weight excluding hydrogens is 396 g/mol. The molecule has 6 nitrogen and oxygen atoms in total. The Balaban J connectivity index is 0.000000146. The van der Waals surface area contributed by atoms with Crippen LogP contribution in [0.3, 0.4) is 0 Å². The van der Waals surface area contributed by atoms with Crippen molar-refractivity contribution in [3.8, 4) is 17.0 Å². The summed E-state index contributed by atoms with van der Waals surface area (Å²) in [6.45, 7) is 6.39. The van der Waals surface area contributed by atoms with E-state index in [1.165, 1.54) is 11.3 Å². The highest BCUT2D eigenvalue weighted by molar-refractivity contribution is 7.98. The second-order valence-electron chi connectivity index (χ2n) is 8.06. The Morgan fingerprint density at radius 2 is 1.83 bits per heavy atom. The lowest BCUT2D eigenvalue weighted by molar-refractivity contribution is 0.405. The van der Waals surface area contributed by atoms with Crippen LogP contribution in [0.15, 0.2) is 52.0 Å². The van der Waals surface area contributed by atoms with Crippen molar-refractivity contribution in [1.29, 1.82) is 0 Å². The summed E-state index contributed by atoms with van der Waals surface area (Å²) < 4.78 is 10.4. The lowest BCUT2D eigenvalue weighted by Gasteiger charge is -2.13. The summed E-state index contributed by atoms with van der Waals surface area (Å²) in [6, 6.07) is 12.8. The van der Waals surface area contributed by atoms with E-state index in [1.54, 1.807) is 18.9 Å². The average molecular weight is 425 g/mol. The van der Waals surface area contributed by atoms with Crippen LogP contribution in [0.1, 0.15) is 32.0 Å². The first-order chi connectivity index (χ1) is 14.6. The number of fused-ring (bicyclic) bond motifs is 1. The van der Waals surface area contributed by atoms with Crippen LogP contribution >= 0.6 is 11.8 Å². The van der Waals surface area contributed by atoms with E-state index in [-0.39, 0.29) is 0 Å². The van der Waals surface area contributed by atoms with Crippen molar-refractivity contribution in [3.63, 3.8) is 0 Å². The number of aromatic nitrogens is 3. The van der Waals surface area contributed by atoms with Gasteiger partial charge in [-0.15, -0.1) is 11.8 Å². The molecule has 0 amide bonds. The summed E-state index contributed by atoms with van der Waals surface area (Å²) in [5.41, 5.74) is 2.09. The van der Waals surface area contributed by atoms with Crippen molar-refractivity contribution in [1.82, 2.24) is 15.1 Å². The van der Waals surface area contributed by atoms with E-state index >= 15 is 0 Å². The molecule has 158 valence electrons. The zero-order chi connectivity index (χ0) is 21.1. The van der Waals surface area contributed by atoms with E-state index < -0.39 is 0 Å². The maximum absolute atomic E-state index is 5.24. The summed E-state index contributed by atoms with van der Waals surface area (Å²) >= 11 is 1.70. The van der Waals surface area contributed by atoms with Gasteiger partial charge in [0.25, 0.3) is 0 Å². The third-order valence-electron chi connectivity index (χ3n) is 5.55. The summed E-state index contributed by atoms with van der Waals surface area (Å²) in [5, 5.41) is 3.97. The molecule has 1 aromatic carbocycles. The molecule has 0 radical (unpaired) electrons. The van der Waals surface area contributed by atoms with E-state index in [9.17, 15) is 0 Å². The standard InChI is InChI=1S/C13H13NOS.C10H15N3O/c1-15-11-5-3-10(4-6-11)13-8-7-12(16-2)9-14-13;1-6(2)9-11-10(14-12-9)13-4-7-3-8(7)5-13/h3-9H,1-2H3;6-8H,3-5H2,1-2H3. The maximum atomic E-state index is 5.24. The lowest BCUT2D eigenvalue weighted by Crippen LogP contribution is -2.22. The van der Waals surface area contributed by atoms with Crippen molar-refractivity contribution in [2.75, 3.05) is 31.4 Å². The third kappa shape index (κ3) is 4.78. The highest BCUT2D eigenvalue weighted by Gasteiger charge is 2.46. The first-order valence-electron chi connectivity index (χ1n) is 10.3.